The Morgan fingerprint density at radius 1 is 1.07 bits per heavy atom. The molecule has 0 aliphatic carbocycles. The van der Waals surface area contributed by atoms with Crippen LogP contribution in [0.4, 0.5) is 0 Å². The number of piperidine rings is 1. The monoisotopic (exact) mass is 365 g/mol. The van der Waals surface area contributed by atoms with Crippen molar-refractivity contribution in [1.82, 2.24) is 34.0 Å². The highest BCUT2D eigenvalue weighted by Gasteiger charge is 2.29. The normalized spacial score (nSPS) is 18.4. The summed E-state index contributed by atoms with van der Waals surface area (Å²) in [5.41, 5.74) is 0.462. The molecule has 0 unspecified atom stereocenters. The van der Waals surface area contributed by atoms with Gasteiger partial charge in [-0.3, -0.25) is 9.20 Å². The average Bonchev–Trinajstić information content (AvgIpc) is 3.25. The fourth-order valence-corrected chi connectivity index (χ4v) is 4.25. The van der Waals surface area contributed by atoms with Crippen molar-refractivity contribution in [1.29, 1.82) is 0 Å². The highest BCUT2D eigenvalue weighted by Crippen LogP contribution is 2.29. The Hall–Kier alpha value is -2.77. The molecule has 140 valence electrons. The van der Waals surface area contributed by atoms with Crippen LogP contribution in [-0.2, 0) is 13.0 Å². The second-order valence-electron chi connectivity index (χ2n) is 7.46. The van der Waals surface area contributed by atoms with Gasteiger partial charge in [-0.15, -0.1) is 10.2 Å². The van der Waals surface area contributed by atoms with Gasteiger partial charge in [-0.2, -0.15) is 0 Å². The van der Waals surface area contributed by atoms with E-state index >= 15 is 0 Å². The van der Waals surface area contributed by atoms with E-state index in [0.717, 1.165) is 50.5 Å². The third-order valence-electron chi connectivity index (χ3n) is 5.74. The van der Waals surface area contributed by atoms with Crippen molar-refractivity contribution in [2.24, 2.45) is 0 Å². The van der Waals surface area contributed by atoms with Crippen LogP contribution in [0, 0.1) is 0 Å². The Bertz CT molecular complexity index is 935. The van der Waals surface area contributed by atoms with Crippen LogP contribution in [0.5, 0.6) is 0 Å². The molecule has 27 heavy (non-hydrogen) atoms. The number of aryl methyl sites for hydroxylation is 1. The van der Waals surface area contributed by atoms with E-state index in [4.69, 9.17) is 0 Å². The van der Waals surface area contributed by atoms with Gasteiger partial charge in [-0.25, -0.2) is 9.97 Å². The van der Waals surface area contributed by atoms with Crippen LogP contribution in [0.2, 0.25) is 0 Å². The molecule has 0 spiro atoms. The molecule has 5 heterocycles. The first-order chi connectivity index (χ1) is 13.3. The van der Waals surface area contributed by atoms with Crippen LogP contribution in [0.15, 0.2) is 24.7 Å². The number of likely N-dealkylation sites (tertiary alicyclic amines) is 1. The lowest BCUT2D eigenvalue weighted by Crippen LogP contribution is -2.38. The molecule has 2 aliphatic heterocycles. The lowest BCUT2D eigenvalue weighted by molar-refractivity contribution is 0.0705. The fourth-order valence-electron chi connectivity index (χ4n) is 4.25. The standard InChI is InChI=1S/C19H23N7O/c27-18(15-13-25-9-4-8-20-19(25)21-15)24-11-6-14(7-12-24)17-23-22-16-5-2-1-3-10-26(16)17/h4,8-9,13-14H,1-3,5-7,10-12H2. The minimum Gasteiger partial charge on any atom is -0.337 e. The number of rotatable bonds is 2. The minimum atomic E-state index is -0.0148. The van der Waals surface area contributed by atoms with E-state index in [-0.39, 0.29) is 5.91 Å². The molecule has 0 saturated carbocycles. The predicted octanol–water partition coefficient (Wildman–Crippen LogP) is 2.07. The van der Waals surface area contributed by atoms with E-state index in [0.29, 0.717) is 17.4 Å². The van der Waals surface area contributed by atoms with E-state index in [9.17, 15) is 4.79 Å². The Labute approximate surface area is 157 Å². The molecule has 5 rings (SSSR count). The molecule has 3 aromatic heterocycles. The molecular weight excluding hydrogens is 342 g/mol. The maximum Gasteiger partial charge on any atom is 0.274 e. The van der Waals surface area contributed by atoms with Crippen molar-refractivity contribution < 1.29 is 4.79 Å². The lowest BCUT2D eigenvalue weighted by atomic mass is 9.95. The van der Waals surface area contributed by atoms with Gasteiger partial charge in [0.15, 0.2) is 0 Å². The molecule has 0 N–H and O–H groups in total. The average molecular weight is 365 g/mol. The van der Waals surface area contributed by atoms with E-state index in [1.807, 2.05) is 17.2 Å². The zero-order valence-electron chi connectivity index (χ0n) is 15.3. The van der Waals surface area contributed by atoms with Crippen molar-refractivity contribution in [2.45, 2.75) is 51.0 Å². The molecule has 2 aliphatic rings. The topological polar surface area (TPSA) is 81.2 Å². The lowest BCUT2D eigenvalue weighted by Gasteiger charge is -2.31. The van der Waals surface area contributed by atoms with Gasteiger partial charge in [0.1, 0.15) is 17.3 Å². The number of carbonyl (C=O) groups excluding carboxylic acids is 1. The molecule has 8 heteroatoms. The summed E-state index contributed by atoms with van der Waals surface area (Å²) in [6.45, 7) is 2.49. The number of nitrogens with zero attached hydrogens (tertiary/aromatic N) is 7. The van der Waals surface area contributed by atoms with Crippen molar-refractivity contribution >= 4 is 11.7 Å². The largest absolute Gasteiger partial charge is 0.337 e. The highest BCUT2D eigenvalue weighted by atomic mass is 16.2. The first-order valence-electron chi connectivity index (χ1n) is 9.80. The minimum absolute atomic E-state index is 0.0148. The zero-order valence-corrected chi connectivity index (χ0v) is 15.3. The molecule has 1 fully saturated rings. The number of amides is 1. The first kappa shape index (κ1) is 16.4. The van der Waals surface area contributed by atoms with Gasteiger partial charge >= 0.3 is 0 Å². The van der Waals surface area contributed by atoms with Gasteiger partial charge in [0.25, 0.3) is 5.91 Å². The van der Waals surface area contributed by atoms with Crippen LogP contribution in [0.3, 0.4) is 0 Å². The third-order valence-corrected chi connectivity index (χ3v) is 5.74. The predicted molar refractivity (Wildman–Crippen MR) is 98.4 cm³/mol. The Morgan fingerprint density at radius 2 is 1.96 bits per heavy atom. The van der Waals surface area contributed by atoms with Gasteiger partial charge < -0.3 is 9.47 Å². The molecule has 1 amide bonds. The first-order valence-corrected chi connectivity index (χ1v) is 9.80. The third kappa shape index (κ3) is 2.98. The van der Waals surface area contributed by atoms with Crippen molar-refractivity contribution in [3.63, 3.8) is 0 Å². The summed E-state index contributed by atoms with van der Waals surface area (Å²) in [5.74, 6) is 3.19. The Kier molecular flexibility index (Phi) is 4.10. The van der Waals surface area contributed by atoms with Crippen molar-refractivity contribution in [3.8, 4) is 0 Å². The highest BCUT2D eigenvalue weighted by molar-refractivity contribution is 5.92. The van der Waals surface area contributed by atoms with Crippen LogP contribution in [0.1, 0.15) is 60.2 Å². The maximum atomic E-state index is 12.8. The summed E-state index contributed by atoms with van der Waals surface area (Å²) in [7, 11) is 0. The summed E-state index contributed by atoms with van der Waals surface area (Å²) < 4.78 is 4.12. The van der Waals surface area contributed by atoms with E-state index in [1.165, 1.54) is 19.3 Å². The number of carbonyl (C=O) groups is 1. The van der Waals surface area contributed by atoms with E-state index < -0.39 is 0 Å². The quantitative estimate of drug-likeness (QED) is 0.694. The van der Waals surface area contributed by atoms with Crippen molar-refractivity contribution in [2.75, 3.05) is 13.1 Å². The van der Waals surface area contributed by atoms with E-state index in [2.05, 4.69) is 24.7 Å². The smallest absolute Gasteiger partial charge is 0.274 e. The fraction of sp³-hybridized carbons (Fsp3) is 0.526. The van der Waals surface area contributed by atoms with Crippen LogP contribution in [-0.4, -0.2) is 53.0 Å². The van der Waals surface area contributed by atoms with Gasteiger partial charge in [-0.1, -0.05) is 6.42 Å². The second kappa shape index (κ2) is 6.75. The second-order valence-corrected chi connectivity index (χ2v) is 7.46. The molecule has 0 bridgehead atoms. The summed E-state index contributed by atoms with van der Waals surface area (Å²) in [6.07, 6.45) is 11.9. The molecule has 0 atom stereocenters. The maximum absolute atomic E-state index is 12.8. The number of aromatic nitrogens is 6. The van der Waals surface area contributed by atoms with Crippen LogP contribution < -0.4 is 0 Å². The van der Waals surface area contributed by atoms with E-state index in [1.54, 1.807) is 16.8 Å². The molecule has 3 aromatic rings. The molecule has 1 saturated heterocycles. The number of imidazole rings is 1. The summed E-state index contributed by atoms with van der Waals surface area (Å²) in [6, 6.07) is 1.83. The molecule has 0 aromatic carbocycles. The number of fused-ring (bicyclic) bond motifs is 2. The van der Waals surface area contributed by atoms with Gasteiger partial charge in [-0.05, 0) is 31.7 Å². The molecular formula is C19H23N7O. The SMILES string of the molecule is O=C(c1cn2cccnc2n1)N1CCC(c2nnc3n2CCCCC3)CC1. The Balaban J connectivity index is 1.29. The number of hydrogen-bond acceptors (Lipinski definition) is 5. The van der Waals surface area contributed by atoms with Crippen LogP contribution in [0.25, 0.3) is 5.78 Å². The van der Waals surface area contributed by atoms with Gasteiger partial charge in [0.05, 0.1) is 0 Å². The van der Waals surface area contributed by atoms with Crippen LogP contribution >= 0.6 is 0 Å². The molecule has 8 nitrogen and oxygen atoms in total. The van der Waals surface area contributed by atoms with Crippen molar-refractivity contribution in [3.05, 3.63) is 42.0 Å². The van der Waals surface area contributed by atoms with Gasteiger partial charge in [0, 0.05) is 50.6 Å². The summed E-state index contributed by atoms with van der Waals surface area (Å²) >= 11 is 0. The summed E-state index contributed by atoms with van der Waals surface area (Å²) in [5, 5.41) is 8.94. The van der Waals surface area contributed by atoms with Gasteiger partial charge in [0.2, 0.25) is 5.78 Å². The zero-order chi connectivity index (χ0) is 18.2. The number of hydrogen-bond donors (Lipinski definition) is 0. The molecule has 0 radical (unpaired) electrons. The Morgan fingerprint density at radius 3 is 2.81 bits per heavy atom. The summed E-state index contributed by atoms with van der Waals surface area (Å²) in [4.78, 5) is 23.3.